The molecule has 3 aliphatic rings. The zero-order chi connectivity index (χ0) is 18.4. The van der Waals surface area contributed by atoms with Crippen LogP contribution in [-0.4, -0.2) is 38.5 Å². The second-order valence-electron chi connectivity index (χ2n) is 7.58. The van der Waals surface area contributed by atoms with Crippen LogP contribution in [0.2, 0.25) is 0 Å². The van der Waals surface area contributed by atoms with Crippen LogP contribution in [0.1, 0.15) is 37.8 Å². The molecule has 3 fully saturated rings. The Hall–Kier alpha value is -2.41. The van der Waals surface area contributed by atoms with Gasteiger partial charge in [-0.3, -0.25) is 9.78 Å². The van der Waals surface area contributed by atoms with Crippen molar-refractivity contribution >= 4 is 17.0 Å². The maximum absolute atomic E-state index is 12.4. The zero-order valence-electron chi connectivity index (χ0n) is 14.8. The largest absolute Gasteiger partial charge is 0.465 e. The molecule has 2 saturated heterocycles. The van der Waals surface area contributed by atoms with Crippen molar-refractivity contribution in [2.75, 3.05) is 6.61 Å². The van der Waals surface area contributed by atoms with Gasteiger partial charge in [0, 0.05) is 29.9 Å². The number of nitrogens with one attached hydrogen (secondary N) is 1. The van der Waals surface area contributed by atoms with Crippen LogP contribution in [0, 0.1) is 6.92 Å². The van der Waals surface area contributed by atoms with Crippen molar-refractivity contribution in [2.24, 2.45) is 0 Å². The third kappa shape index (κ3) is 2.86. The van der Waals surface area contributed by atoms with Gasteiger partial charge in [0.05, 0.1) is 23.3 Å². The van der Waals surface area contributed by atoms with Gasteiger partial charge >= 0.3 is 6.09 Å². The minimum atomic E-state index is -0.991. The molecule has 2 aromatic heterocycles. The first kappa shape index (κ1) is 17.0. The lowest BCUT2D eigenvalue weighted by atomic mass is 9.70. The monoisotopic (exact) mass is 357 g/mol. The molecular weight excluding hydrogens is 334 g/mol. The molecule has 26 heavy (non-hydrogen) atoms. The normalized spacial score (nSPS) is 27.6. The average molecular weight is 357 g/mol. The summed E-state index contributed by atoms with van der Waals surface area (Å²) in [5, 5.41) is 12.7. The number of carboxylic acid groups (broad SMARTS) is 1. The van der Waals surface area contributed by atoms with Crippen LogP contribution >= 0.6 is 0 Å². The molecule has 0 aromatic carbocycles. The van der Waals surface area contributed by atoms with Crippen molar-refractivity contribution in [1.29, 1.82) is 0 Å². The first-order valence-electron chi connectivity index (χ1n) is 9.02. The number of rotatable bonds is 4. The van der Waals surface area contributed by atoms with Gasteiger partial charge in [-0.1, -0.05) is 0 Å². The lowest BCUT2D eigenvalue weighted by Gasteiger charge is -2.53. The summed E-state index contributed by atoms with van der Waals surface area (Å²) < 4.78 is 7.91. The van der Waals surface area contributed by atoms with Crippen molar-refractivity contribution < 1.29 is 14.6 Å². The van der Waals surface area contributed by atoms with Crippen molar-refractivity contribution in [3.8, 4) is 0 Å². The summed E-state index contributed by atoms with van der Waals surface area (Å²) >= 11 is 0. The molecule has 0 unspecified atom stereocenters. The number of pyridine rings is 2. The van der Waals surface area contributed by atoms with Crippen LogP contribution in [0.15, 0.2) is 29.2 Å². The van der Waals surface area contributed by atoms with Gasteiger partial charge in [-0.25, -0.2) is 4.79 Å². The molecule has 0 atom stereocenters. The molecule has 1 aliphatic carbocycles. The number of fused-ring (bicyclic) bond motifs is 4. The average Bonchev–Trinajstić information content (AvgIpc) is 2.62. The van der Waals surface area contributed by atoms with E-state index in [-0.39, 0.29) is 11.2 Å². The number of nitrogens with zero attached hydrogens (tertiary/aromatic N) is 2. The highest BCUT2D eigenvalue weighted by molar-refractivity contribution is 5.80. The maximum Gasteiger partial charge on any atom is 0.405 e. The standard InChI is InChI=1S/C19H23N3O4/c1-13-14-2-3-16(23)22(15(14)4-10-20-13)11-9-19-7-5-18(6-8-19,12-26-19)21-17(24)25/h2-4,10,21H,5-9,11-12H2,1H3,(H,24,25). The van der Waals surface area contributed by atoms with Gasteiger partial charge in [0.25, 0.3) is 5.56 Å². The summed E-state index contributed by atoms with van der Waals surface area (Å²) in [6.07, 6.45) is 4.68. The summed E-state index contributed by atoms with van der Waals surface area (Å²) in [6, 6.07) is 5.31. The fourth-order valence-electron chi connectivity index (χ4n) is 4.39. The Bertz CT molecular complexity index is 896. The topological polar surface area (TPSA) is 93.5 Å². The highest BCUT2D eigenvalue weighted by Gasteiger charge is 2.50. The summed E-state index contributed by atoms with van der Waals surface area (Å²) in [5.74, 6) is 0. The Morgan fingerprint density at radius 2 is 2.08 bits per heavy atom. The second kappa shape index (κ2) is 6.09. The van der Waals surface area contributed by atoms with E-state index < -0.39 is 11.6 Å². The molecule has 0 radical (unpaired) electrons. The lowest BCUT2D eigenvalue weighted by molar-refractivity contribution is -0.164. The highest BCUT2D eigenvalue weighted by Crippen LogP contribution is 2.45. The summed E-state index contributed by atoms with van der Waals surface area (Å²) in [7, 11) is 0. The molecule has 1 amide bonds. The zero-order valence-corrected chi connectivity index (χ0v) is 14.8. The van der Waals surface area contributed by atoms with Crippen molar-refractivity contribution in [3.05, 3.63) is 40.4 Å². The van der Waals surface area contributed by atoms with Crippen LogP contribution in [0.3, 0.4) is 0 Å². The van der Waals surface area contributed by atoms with Gasteiger partial charge in [-0.15, -0.1) is 0 Å². The molecule has 7 heteroatoms. The molecule has 2 bridgehead atoms. The summed E-state index contributed by atoms with van der Waals surface area (Å²) in [5.41, 5.74) is 1.09. The van der Waals surface area contributed by atoms with Gasteiger partial charge in [-0.05, 0) is 51.2 Å². The predicted molar refractivity (Wildman–Crippen MR) is 96.4 cm³/mol. The maximum atomic E-state index is 12.4. The fraction of sp³-hybridized carbons (Fsp3) is 0.526. The van der Waals surface area contributed by atoms with E-state index in [9.17, 15) is 9.59 Å². The third-order valence-corrected chi connectivity index (χ3v) is 6.05. The van der Waals surface area contributed by atoms with Crippen LogP contribution in [0.5, 0.6) is 0 Å². The molecule has 1 saturated carbocycles. The minimum absolute atomic E-state index is 0.0204. The molecule has 7 nitrogen and oxygen atoms in total. The number of aromatic nitrogens is 2. The highest BCUT2D eigenvalue weighted by atomic mass is 16.5. The van der Waals surface area contributed by atoms with Gasteiger partial charge in [0.1, 0.15) is 0 Å². The van der Waals surface area contributed by atoms with E-state index >= 15 is 0 Å². The summed E-state index contributed by atoms with van der Waals surface area (Å²) in [4.78, 5) is 27.7. The molecule has 5 rings (SSSR count). The van der Waals surface area contributed by atoms with Crippen molar-refractivity contribution in [2.45, 2.75) is 56.7 Å². The molecule has 0 spiro atoms. The number of amides is 1. The second-order valence-corrected chi connectivity index (χ2v) is 7.58. The lowest BCUT2D eigenvalue weighted by Crippen LogP contribution is -2.62. The molecule has 4 heterocycles. The molecule has 2 N–H and O–H groups in total. The number of aryl methyl sites for hydroxylation is 2. The van der Waals surface area contributed by atoms with E-state index in [2.05, 4.69) is 10.3 Å². The van der Waals surface area contributed by atoms with E-state index in [1.807, 2.05) is 19.1 Å². The van der Waals surface area contributed by atoms with E-state index in [4.69, 9.17) is 9.84 Å². The van der Waals surface area contributed by atoms with Crippen LogP contribution in [-0.2, 0) is 11.3 Å². The number of ether oxygens (including phenoxy) is 1. The first-order valence-corrected chi connectivity index (χ1v) is 9.02. The number of carbonyl (C=O) groups is 1. The Morgan fingerprint density at radius 1 is 1.31 bits per heavy atom. The Kier molecular flexibility index (Phi) is 3.99. The summed E-state index contributed by atoms with van der Waals surface area (Å²) in [6.45, 7) is 2.93. The fourth-order valence-corrected chi connectivity index (χ4v) is 4.39. The van der Waals surface area contributed by atoms with E-state index in [1.165, 1.54) is 0 Å². The van der Waals surface area contributed by atoms with E-state index in [0.717, 1.165) is 48.7 Å². The van der Waals surface area contributed by atoms with Gasteiger partial charge in [0.2, 0.25) is 0 Å². The molecule has 138 valence electrons. The Morgan fingerprint density at radius 3 is 2.73 bits per heavy atom. The van der Waals surface area contributed by atoms with Crippen molar-refractivity contribution in [1.82, 2.24) is 14.9 Å². The molecular formula is C19H23N3O4. The molecule has 2 aromatic rings. The predicted octanol–water partition coefficient (Wildman–Crippen LogP) is 2.44. The smallest absolute Gasteiger partial charge is 0.405 e. The van der Waals surface area contributed by atoms with Gasteiger partial charge < -0.3 is 19.7 Å². The van der Waals surface area contributed by atoms with Crippen LogP contribution in [0.25, 0.3) is 10.9 Å². The Labute approximate surface area is 151 Å². The van der Waals surface area contributed by atoms with Crippen LogP contribution < -0.4 is 10.9 Å². The van der Waals surface area contributed by atoms with Gasteiger partial charge in [0.15, 0.2) is 0 Å². The van der Waals surface area contributed by atoms with Crippen LogP contribution in [0.4, 0.5) is 4.79 Å². The third-order valence-electron chi connectivity index (χ3n) is 6.05. The number of hydrogen-bond acceptors (Lipinski definition) is 4. The van der Waals surface area contributed by atoms with E-state index in [0.29, 0.717) is 13.2 Å². The number of hydrogen-bond donors (Lipinski definition) is 2. The minimum Gasteiger partial charge on any atom is -0.465 e. The van der Waals surface area contributed by atoms with Crippen molar-refractivity contribution in [3.63, 3.8) is 0 Å². The van der Waals surface area contributed by atoms with Gasteiger partial charge in [-0.2, -0.15) is 0 Å². The SMILES string of the molecule is Cc1nccc2c1ccc(=O)n2CCC12CCC(NC(=O)O)(CC1)CO2. The Balaban J connectivity index is 1.54. The quantitative estimate of drug-likeness (QED) is 0.877. The first-order chi connectivity index (χ1) is 12.4. The molecule has 2 aliphatic heterocycles. The van der Waals surface area contributed by atoms with E-state index in [1.54, 1.807) is 16.8 Å².